The Morgan fingerprint density at radius 2 is 1.94 bits per heavy atom. The molecule has 1 aromatic carbocycles. The van der Waals surface area contributed by atoms with Gasteiger partial charge < -0.3 is 0 Å². The number of rotatable bonds is 1. The molecule has 0 N–H and O–H groups in total. The van der Waals surface area contributed by atoms with E-state index in [-0.39, 0.29) is 5.82 Å². The van der Waals surface area contributed by atoms with Crippen molar-refractivity contribution in [1.82, 2.24) is 19.8 Å². The van der Waals surface area contributed by atoms with Gasteiger partial charge in [0.2, 0.25) is 4.96 Å². The first kappa shape index (κ1) is 10.4. The van der Waals surface area contributed by atoms with Gasteiger partial charge in [-0.05, 0) is 6.07 Å². The van der Waals surface area contributed by atoms with E-state index in [9.17, 15) is 0 Å². The largest absolute Gasteiger partial charge is 0.256 e. The van der Waals surface area contributed by atoms with Crippen molar-refractivity contribution in [2.75, 3.05) is 0 Å². The van der Waals surface area contributed by atoms with E-state index in [0.29, 0.717) is 15.5 Å². The van der Waals surface area contributed by atoms with E-state index in [1.54, 1.807) is 12.1 Å². The van der Waals surface area contributed by atoms with Crippen molar-refractivity contribution in [3.63, 3.8) is 0 Å². The molecule has 0 aliphatic heterocycles. The van der Waals surface area contributed by atoms with Crippen molar-refractivity contribution >= 4 is 16.3 Å². The lowest BCUT2D eigenvalue weighted by Crippen LogP contribution is -1.91. The Kier molecular flexibility index (Phi) is 2.26. The SMILES string of the molecule is N#Cc1ccccc1-c1nn2c(C#N)nnc2s1. The molecule has 0 fully saturated rings. The highest BCUT2D eigenvalue weighted by atomic mass is 32.1. The Labute approximate surface area is 105 Å². The summed E-state index contributed by atoms with van der Waals surface area (Å²) in [7, 11) is 0. The molecule has 0 bridgehead atoms. The van der Waals surface area contributed by atoms with Crippen molar-refractivity contribution in [1.29, 1.82) is 10.5 Å². The third kappa shape index (κ3) is 1.43. The van der Waals surface area contributed by atoms with Crippen molar-refractivity contribution in [3.8, 4) is 22.7 Å². The fourth-order valence-electron chi connectivity index (χ4n) is 1.56. The second-order valence-corrected chi connectivity index (χ2v) is 4.35. The van der Waals surface area contributed by atoms with Gasteiger partial charge in [-0.15, -0.1) is 10.2 Å². The zero-order valence-electron chi connectivity index (χ0n) is 8.90. The summed E-state index contributed by atoms with van der Waals surface area (Å²) in [5.41, 5.74) is 1.28. The van der Waals surface area contributed by atoms with Crippen LogP contribution in [0.4, 0.5) is 0 Å². The summed E-state index contributed by atoms with van der Waals surface area (Å²) >= 11 is 1.29. The third-order valence-electron chi connectivity index (χ3n) is 2.37. The monoisotopic (exact) mass is 252 g/mol. The molecule has 0 amide bonds. The number of hydrogen-bond donors (Lipinski definition) is 0. The van der Waals surface area contributed by atoms with Gasteiger partial charge in [0.15, 0.2) is 0 Å². The predicted octanol–water partition coefficient (Wildman–Crippen LogP) is 1.60. The Bertz CT molecular complexity index is 816. The van der Waals surface area contributed by atoms with E-state index in [2.05, 4.69) is 21.4 Å². The van der Waals surface area contributed by atoms with Gasteiger partial charge in [-0.3, -0.25) is 0 Å². The number of hydrogen-bond acceptors (Lipinski definition) is 6. The van der Waals surface area contributed by atoms with Crippen LogP contribution in [0.1, 0.15) is 11.4 Å². The highest BCUT2D eigenvalue weighted by molar-refractivity contribution is 7.19. The summed E-state index contributed by atoms with van der Waals surface area (Å²) in [4.78, 5) is 0.536. The van der Waals surface area contributed by atoms with Crippen LogP contribution in [-0.4, -0.2) is 19.8 Å². The van der Waals surface area contributed by atoms with Crippen LogP contribution < -0.4 is 0 Å². The van der Waals surface area contributed by atoms with E-state index in [0.717, 1.165) is 5.56 Å². The van der Waals surface area contributed by atoms with Crippen LogP contribution in [-0.2, 0) is 0 Å². The van der Waals surface area contributed by atoms with E-state index >= 15 is 0 Å². The van der Waals surface area contributed by atoms with E-state index < -0.39 is 0 Å². The van der Waals surface area contributed by atoms with E-state index in [4.69, 9.17) is 10.5 Å². The highest BCUT2D eigenvalue weighted by Crippen LogP contribution is 2.27. The van der Waals surface area contributed by atoms with Gasteiger partial charge in [-0.2, -0.15) is 20.1 Å². The molecule has 0 aliphatic carbocycles. The summed E-state index contributed by atoms with van der Waals surface area (Å²) in [6.45, 7) is 0. The average Bonchev–Trinajstić information content (AvgIpc) is 2.98. The Balaban J connectivity index is 2.24. The molecule has 84 valence electrons. The molecule has 18 heavy (non-hydrogen) atoms. The normalized spacial score (nSPS) is 10.1. The van der Waals surface area contributed by atoms with E-state index in [1.165, 1.54) is 15.9 Å². The molecule has 3 aromatic rings. The minimum atomic E-state index is 0.141. The molecule has 0 aliphatic rings. The second-order valence-electron chi connectivity index (χ2n) is 3.39. The maximum absolute atomic E-state index is 9.05. The first-order chi connectivity index (χ1) is 8.83. The first-order valence-corrected chi connectivity index (χ1v) is 5.77. The fraction of sp³-hybridized carbons (Fsp3) is 0. The fourth-order valence-corrected chi connectivity index (χ4v) is 2.44. The average molecular weight is 252 g/mol. The van der Waals surface area contributed by atoms with Crippen molar-refractivity contribution in [2.45, 2.75) is 0 Å². The molecule has 2 heterocycles. The molecular formula is C11H4N6S. The second kappa shape index (κ2) is 3.91. The lowest BCUT2D eigenvalue weighted by Gasteiger charge is -1.96. The van der Waals surface area contributed by atoms with Gasteiger partial charge in [0, 0.05) is 5.56 Å². The molecule has 2 aromatic heterocycles. The number of nitriles is 2. The summed E-state index contributed by atoms with van der Waals surface area (Å²) in [5, 5.41) is 30.3. The molecule has 0 atom stereocenters. The van der Waals surface area contributed by atoms with E-state index in [1.807, 2.05) is 18.2 Å². The van der Waals surface area contributed by atoms with Crippen molar-refractivity contribution in [2.24, 2.45) is 0 Å². The summed E-state index contributed by atoms with van der Waals surface area (Å²) in [6, 6.07) is 11.2. The van der Waals surface area contributed by atoms with Gasteiger partial charge in [-0.25, -0.2) is 0 Å². The molecule has 0 spiro atoms. The maximum atomic E-state index is 9.05. The van der Waals surface area contributed by atoms with Gasteiger partial charge in [0.1, 0.15) is 11.1 Å². The molecule has 0 saturated carbocycles. The van der Waals surface area contributed by atoms with Gasteiger partial charge in [-0.1, -0.05) is 29.5 Å². The summed E-state index contributed by atoms with van der Waals surface area (Å²) in [6.07, 6.45) is 0. The van der Waals surface area contributed by atoms with Crippen molar-refractivity contribution < 1.29 is 0 Å². The lowest BCUT2D eigenvalue weighted by molar-refractivity contribution is 0.933. The minimum Gasteiger partial charge on any atom is -0.192 e. The van der Waals surface area contributed by atoms with Gasteiger partial charge in [0.05, 0.1) is 11.6 Å². The number of benzene rings is 1. The smallest absolute Gasteiger partial charge is 0.192 e. The van der Waals surface area contributed by atoms with Crippen LogP contribution in [0.15, 0.2) is 24.3 Å². The zero-order valence-corrected chi connectivity index (χ0v) is 9.72. The highest BCUT2D eigenvalue weighted by Gasteiger charge is 2.14. The number of nitrogens with zero attached hydrogens (tertiary/aromatic N) is 6. The quantitative estimate of drug-likeness (QED) is 0.656. The van der Waals surface area contributed by atoms with Gasteiger partial charge in [0.25, 0.3) is 5.82 Å². The predicted molar refractivity (Wildman–Crippen MR) is 63.5 cm³/mol. The molecule has 7 heteroatoms. The van der Waals surface area contributed by atoms with Gasteiger partial charge >= 0.3 is 0 Å². The van der Waals surface area contributed by atoms with Crippen molar-refractivity contribution in [3.05, 3.63) is 35.7 Å². The molecule has 3 rings (SSSR count). The standard InChI is InChI=1S/C11H4N6S/c12-5-7-3-1-2-4-8(7)10-16-17-9(6-13)14-15-11(17)18-10/h1-4H. The van der Waals surface area contributed by atoms with Crippen LogP contribution in [0.5, 0.6) is 0 Å². The summed E-state index contributed by atoms with van der Waals surface area (Å²) < 4.78 is 1.38. The maximum Gasteiger partial charge on any atom is 0.256 e. The molecule has 6 nitrogen and oxygen atoms in total. The molecule has 0 saturated heterocycles. The Morgan fingerprint density at radius 1 is 1.11 bits per heavy atom. The topological polar surface area (TPSA) is 90.7 Å². The third-order valence-corrected chi connectivity index (χ3v) is 3.30. The first-order valence-electron chi connectivity index (χ1n) is 4.95. The molecule has 0 radical (unpaired) electrons. The zero-order chi connectivity index (χ0) is 12.5. The molecular weight excluding hydrogens is 248 g/mol. The number of fused-ring (bicyclic) bond motifs is 1. The van der Waals surface area contributed by atoms with Crippen LogP contribution in [0, 0.1) is 22.7 Å². The lowest BCUT2D eigenvalue weighted by atomic mass is 10.1. The van der Waals surface area contributed by atoms with Crippen LogP contribution >= 0.6 is 11.3 Å². The summed E-state index contributed by atoms with van der Waals surface area (Å²) in [5.74, 6) is 0.141. The van der Waals surface area contributed by atoms with Crippen LogP contribution in [0.25, 0.3) is 15.5 Å². The minimum absolute atomic E-state index is 0.141. The Morgan fingerprint density at radius 3 is 2.72 bits per heavy atom. The Hall–Kier alpha value is -2.77. The van der Waals surface area contributed by atoms with Crippen LogP contribution in [0.2, 0.25) is 0 Å². The molecule has 0 unspecified atom stereocenters. The number of aromatic nitrogens is 4. The van der Waals surface area contributed by atoms with Crippen LogP contribution in [0.3, 0.4) is 0 Å².